The van der Waals surface area contributed by atoms with E-state index in [0.29, 0.717) is 6.61 Å². The molecule has 12 heavy (non-hydrogen) atoms. The van der Waals surface area contributed by atoms with Crippen molar-refractivity contribution in [3.8, 4) is 0 Å². The van der Waals surface area contributed by atoms with E-state index in [4.69, 9.17) is 9.47 Å². The Morgan fingerprint density at radius 2 is 2.17 bits per heavy atom. The first kappa shape index (κ1) is 11.5. The van der Waals surface area contributed by atoms with Crippen molar-refractivity contribution in [3.63, 3.8) is 0 Å². The van der Waals surface area contributed by atoms with Gasteiger partial charge in [0, 0.05) is 6.61 Å². The SMILES string of the molecule is C=COCC(CC)OCCCC. The zero-order chi connectivity index (χ0) is 9.23. The second-order valence-electron chi connectivity index (χ2n) is 2.75. The number of ether oxygens (including phenoxy) is 2. The summed E-state index contributed by atoms with van der Waals surface area (Å²) >= 11 is 0. The molecule has 2 heteroatoms. The predicted octanol–water partition coefficient (Wildman–Crippen LogP) is 2.74. The van der Waals surface area contributed by atoms with Gasteiger partial charge in [0.1, 0.15) is 6.61 Å². The Bertz CT molecular complexity index is 102. The van der Waals surface area contributed by atoms with Crippen molar-refractivity contribution in [1.82, 2.24) is 0 Å². The van der Waals surface area contributed by atoms with Gasteiger partial charge in [-0.1, -0.05) is 26.8 Å². The first-order valence-corrected chi connectivity index (χ1v) is 4.69. The van der Waals surface area contributed by atoms with Gasteiger partial charge in [0.15, 0.2) is 0 Å². The van der Waals surface area contributed by atoms with Crippen LogP contribution >= 0.6 is 0 Å². The lowest BCUT2D eigenvalue weighted by molar-refractivity contribution is 0.00537. The molecule has 0 aliphatic carbocycles. The van der Waals surface area contributed by atoms with Gasteiger partial charge in [-0.2, -0.15) is 0 Å². The van der Waals surface area contributed by atoms with Crippen molar-refractivity contribution in [1.29, 1.82) is 0 Å². The fourth-order valence-electron chi connectivity index (χ4n) is 0.854. The van der Waals surface area contributed by atoms with Gasteiger partial charge in [0.25, 0.3) is 0 Å². The van der Waals surface area contributed by atoms with Gasteiger partial charge in [-0.25, -0.2) is 0 Å². The summed E-state index contributed by atoms with van der Waals surface area (Å²) in [5, 5.41) is 0. The Balaban J connectivity index is 3.32. The Morgan fingerprint density at radius 1 is 1.42 bits per heavy atom. The van der Waals surface area contributed by atoms with E-state index in [0.717, 1.165) is 19.4 Å². The predicted molar refractivity (Wildman–Crippen MR) is 51.1 cm³/mol. The molecule has 0 saturated heterocycles. The zero-order valence-corrected chi connectivity index (χ0v) is 8.21. The van der Waals surface area contributed by atoms with Crippen molar-refractivity contribution in [2.45, 2.75) is 39.2 Å². The van der Waals surface area contributed by atoms with Crippen LogP contribution < -0.4 is 0 Å². The minimum Gasteiger partial charge on any atom is -0.499 e. The smallest absolute Gasteiger partial charge is 0.113 e. The summed E-state index contributed by atoms with van der Waals surface area (Å²) < 4.78 is 10.6. The average Bonchev–Trinajstić information content (AvgIpc) is 2.11. The minimum atomic E-state index is 0.231. The minimum absolute atomic E-state index is 0.231. The molecule has 0 fully saturated rings. The van der Waals surface area contributed by atoms with E-state index >= 15 is 0 Å². The van der Waals surface area contributed by atoms with Crippen LogP contribution in [0.5, 0.6) is 0 Å². The summed E-state index contributed by atoms with van der Waals surface area (Å²) in [6.45, 7) is 9.21. The zero-order valence-electron chi connectivity index (χ0n) is 8.21. The number of hydrogen-bond donors (Lipinski definition) is 0. The van der Waals surface area contributed by atoms with Crippen LogP contribution in [0.3, 0.4) is 0 Å². The molecule has 0 bridgehead atoms. The molecule has 0 aliphatic rings. The normalized spacial score (nSPS) is 12.5. The Labute approximate surface area is 75.6 Å². The highest BCUT2D eigenvalue weighted by atomic mass is 16.5. The van der Waals surface area contributed by atoms with Gasteiger partial charge in [0.05, 0.1) is 12.4 Å². The van der Waals surface area contributed by atoms with Crippen molar-refractivity contribution >= 4 is 0 Å². The highest BCUT2D eigenvalue weighted by molar-refractivity contribution is 4.57. The van der Waals surface area contributed by atoms with Crippen LogP contribution in [0, 0.1) is 0 Å². The molecule has 0 aromatic rings. The van der Waals surface area contributed by atoms with Gasteiger partial charge < -0.3 is 9.47 Å². The highest BCUT2D eigenvalue weighted by Crippen LogP contribution is 2.00. The molecule has 0 heterocycles. The molecular weight excluding hydrogens is 152 g/mol. The third kappa shape index (κ3) is 6.23. The molecule has 1 unspecified atom stereocenters. The maximum Gasteiger partial charge on any atom is 0.113 e. The molecule has 0 N–H and O–H groups in total. The molecule has 0 saturated carbocycles. The van der Waals surface area contributed by atoms with Crippen LogP contribution in [-0.4, -0.2) is 19.3 Å². The summed E-state index contributed by atoms with van der Waals surface area (Å²) in [4.78, 5) is 0. The second-order valence-corrected chi connectivity index (χ2v) is 2.75. The number of unbranched alkanes of at least 4 members (excludes halogenated alkanes) is 1. The van der Waals surface area contributed by atoms with Crippen LogP contribution in [0.2, 0.25) is 0 Å². The van der Waals surface area contributed by atoms with E-state index in [-0.39, 0.29) is 6.10 Å². The number of hydrogen-bond acceptors (Lipinski definition) is 2. The van der Waals surface area contributed by atoms with E-state index in [1.54, 1.807) is 0 Å². The van der Waals surface area contributed by atoms with Gasteiger partial charge >= 0.3 is 0 Å². The van der Waals surface area contributed by atoms with E-state index in [9.17, 15) is 0 Å². The molecule has 0 spiro atoms. The van der Waals surface area contributed by atoms with E-state index in [2.05, 4.69) is 20.4 Å². The van der Waals surface area contributed by atoms with E-state index in [1.165, 1.54) is 12.7 Å². The third-order valence-corrected chi connectivity index (χ3v) is 1.71. The molecule has 2 nitrogen and oxygen atoms in total. The van der Waals surface area contributed by atoms with Crippen LogP contribution in [0.25, 0.3) is 0 Å². The molecule has 0 rings (SSSR count). The van der Waals surface area contributed by atoms with Crippen molar-refractivity contribution < 1.29 is 9.47 Å². The third-order valence-electron chi connectivity index (χ3n) is 1.71. The lowest BCUT2D eigenvalue weighted by Crippen LogP contribution is -2.18. The lowest BCUT2D eigenvalue weighted by Gasteiger charge is -2.14. The maximum atomic E-state index is 5.56. The molecule has 0 amide bonds. The second kappa shape index (κ2) is 8.60. The maximum absolute atomic E-state index is 5.56. The van der Waals surface area contributed by atoms with Gasteiger partial charge in [0.2, 0.25) is 0 Å². The van der Waals surface area contributed by atoms with E-state index < -0.39 is 0 Å². The Kier molecular flexibility index (Phi) is 8.24. The fourth-order valence-corrected chi connectivity index (χ4v) is 0.854. The quantitative estimate of drug-likeness (QED) is 0.414. The van der Waals surface area contributed by atoms with Crippen LogP contribution in [0.15, 0.2) is 12.8 Å². The summed E-state index contributed by atoms with van der Waals surface area (Å²) in [6.07, 6.45) is 5.00. The molecule has 0 radical (unpaired) electrons. The summed E-state index contributed by atoms with van der Waals surface area (Å²) in [6, 6.07) is 0. The van der Waals surface area contributed by atoms with Crippen LogP contribution in [0.4, 0.5) is 0 Å². The lowest BCUT2D eigenvalue weighted by atomic mass is 10.3. The monoisotopic (exact) mass is 172 g/mol. The van der Waals surface area contributed by atoms with Crippen molar-refractivity contribution in [3.05, 3.63) is 12.8 Å². The largest absolute Gasteiger partial charge is 0.499 e. The van der Waals surface area contributed by atoms with Crippen molar-refractivity contribution in [2.24, 2.45) is 0 Å². The van der Waals surface area contributed by atoms with Crippen LogP contribution in [0.1, 0.15) is 33.1 Å². The molecule has 72 valence electrons. The first-order valence-electron chi connectivity index (χ1n) is 4.69. The first-order chi connectivity index (χ1) is 5.85. The van der Waals surface area contributed by atoms with Gasteiger partial charge in [-0.15, -0.1) is 0 Å². The van der Waals surface area contributed by atoms with Crippen molar-refractivity contribution in [2.75, 3.05) is 13.2 Å². The molecule has 1 atom stereocenters. The van der Waals surface area contributed by atoms with Gasteiger partial charge in [-0.3, -0.25) is 0 Å². The van der Waals surface area contributed by atoms with Gasteiger partial charge in [-0.05, 0) is 12.8 Å². The summed E-state index contributed by atoms with van der Waals surface area (Å²) in [5.74, 6) is 0. The summed E-state index contributed by atoms with van der Waals surface area (Å²) in [7, 11) is 0. The average molecular weight is 172 g/mol. The topological polar surface area (TPSA) is 18.5 Å². The Hall–Kier alpha value is -0.500. The fraction of sp³-hybridized carbons (Fsp3) is 0.800. The number of rotatable bonds is 8. The summed E-state index contributed by atoms with van der Waals surface area (Å²) in [5.41, 5.74) is 0. The molecule has 0 aromatic carbocycles. The Morgan fingerprint density at radius 3 is 2.67 bits per heavy atom. The molecule has 0 aromatic heterocycles. The van der Waals surface area contributed by atoms with E-state index in [1.807, 2.05) is 0 Å². The standard InChI is InChI=1S/C10H20O2/c1-4-7-8-12-10(5-2)9-11-6-3/h6,10H,3-5,7-9H2,1-2H3. The molecule has 0 aliphatic heterocycles. The van der Waals surface area contributed by atoms with Crippen LogP contribution in [-0.2, 0) is 9.47 Å². The molecular formula is C10H20O2. The highest BCUT2D eigenvalue weighted by Gasteiger charge is 2.04.